The number of aliphatic carboxylic acids is 1. The monoisotopic (exact) mass is 638 g/mol. The molecule has 3 aromatic carbocycles. The van der Waals surface area contributed by atoms with E-state index in [2.05, 4.69) is 10.6 Å². The quantitative estimate of drug-likeness (QED) is 0.134. The molecule has 0 bridgehead atoms. The van der Waals surface area contributed by atoms with Crippen LogP contribution in [0.3, 0.4) is 0 Å². The summed E-state index contributed by atoms with van der Waals surface area (Å²) < 4.78 is 32.9. The molecule has 242 valence electrons. The number of nitrogens with two attached hydrogens (primary N) is 1. The third-order valence-electron chi connectivity index (χ3n) is 7.26. The van der Waals surface area contributed by atoms with Gasteiger partial charge >= 0.3 is 12.1 Å². The average molecular weight is 639 g/mol. The number of hydrogen-bond acceptors (Lipinski definition) is 7. The molecular formula is C33H42N4O7S. The second-order valence-corrected chi connectivity index (χ2v) is 13.0. The molecule has 0 radical (unpaired) electrons. The van der Waals surface area contributed by atoms with E-state index < -0.39 is 46.0 Å². The summed E-state index contributed by atoms with van der Waals surface area (Å²) in [5, 5.41) is 15.6. The predicted octanol–water partition coefficient (Wildman–Crippen LogP) is 4.21. The molecule has 45 heavy (non-hydrogen) atoms. The van der Waals surface area contributed by atoms with E-state index in [1.165, 1.54) is 31.4 Å². The van der Waals surface area contributed by atoms with Crippen molar-refractivity contribution in [2.75, 3.05) is 25.9 Å². The number of carboxylic acids is 1. The third-order valence-corrected chi connectivity index (χ3v) is 9.15. The number of alkyl carbamates (subject to hydrolysis) is 1. The van der Waals surface area contributed by atoms with Crippen LogP contribution in [0.25, 0.3) is 0 Å². The Morgan fingerprint density at radius 2 is 1.44 bits per heavy atom. The van der Waals surface area contributed by atoms with Crippen LogP contribution in [0.2, 0.25) is 0 Å². The molecule has 0 aliphatic carbocycles. The fourth-order valence-electron chi connectivity index (χ4n) is 5.09. The van der Waals surface area contributed by atoms with Gasteiger partial charge in [0.15, 0.2) is 0 Å². The van der Waals surface area contributed by atoms with Crippen molar-refractivity contribution in [2.45, 2.75) is 56.0 Å². The maximum Gasteiger partial charge on any atom is 0.407 e. The topological polar surface area (TPSA) is 168 Å². The first kappa shape index (κ1) is 35.1. The molecule has 11 nitrogen and oxygen atoms in total. The Bertz CT molecular complexity index is 1460. The van der Waals surface area contributed by atoms with Crippen molar-refractivity contribution < 1.29 is 32.6 Å². The molecule has 0 aliphatic rings. The fraction of sp³-hybridized carbons (Fsp3) is 0.364. The normalized spacial score (nSPS) is 12.9. The van der Waals surface area contributed by atoms with E-state index in [9.17, 15) is 27.9 Å². The highest BCUT2D eigenvalue weighted by molar-refractivity contribution is 7.89. The number of carbonyl (C=O) groups excluding carboxylic acids is 2. The van der Waals surface area contributed by atoms with Crippen molar-refractivity contribution in [2.24, 2.45) is 5.92 Å². The van der Waals surface area contributed by atoms with Gasteiger partial charge in [0.2, 0.25) is 15.9 Å². The number of sulfonamides is 1. The lowest BCUT2D eigenvalue weighted by Gasteiger charge is -2.30. The zero-order valence-electron chi connectivity index (χ0n) is 25.8. The molecule has 5 N–H and O–H groups in total. The number of rotatable bonds is 16. The third kappa shape index (κ3) is 9.79. The summed E-state index contributed by atoms with van der Waals surface area (Å²) in [4.78, 5) is 38.2. The Morgan fingerprint density at radius 1 is 0.889 bits per heavy atom. The number of nitrogens with one attached hydrogen (secondary N) is 2. The van der Waals surface area contributed by atoms with E-state index in [1.807, 2.05) is 74.5 Å². The van der Waals surface area contributed by atoms with Gasteiger partial charge in [-0.25, -0.2) is 13.2 Å². The van der Waals surface area contributed by atoms with Crippen LogP contribution >= 0.6 is 0 Å². The maximum absolute atomic E-state index is 13.6. The van der Waals surface area contributed by atoms with Gasteiger partial charge in [-0.2, -0.15) is 4.31 Å². The molecule has 3 aromatic rings. The van der Waals surface area contributed by atoms with Gasteiger partial charge in [-0.3, -0.25) is 9.59 Å². The van der Waals surface area contributed by atoms with E-state index >= 15 is 0 Å². The number of benzene rings is 3. The van der Waals surface area contributed by atoms with Crippen LogP contribution in [-0.2, 0) is 24.3 Å². The summed E-state index contributed by atoms with van der Waals surface area (Å²) in [7, 11) is -2.90. The minimum atomic E-state index is -4.13. The van der Waals surface area contributed by atoms with Gasteiger partial charge in [-0.1, -0.05) is 74.5 Å². The van der Waals surface area contributed by atoms with Crippen LogP contribution in [-0.4, -0.2) is 68.1 Å². The molecule has 0 spiro atoms. The first-order valence-electron chi connectivity index (χ1n) is 14.8. The Morgan fingerprint density at radius 3 is 1.93 bits per heavy atom. The zero-order chi connectivity index (χ0) is 33.0. The van der Waals surface area contributed by atoms with Gasteiger partial charge in [0.1, 0.15) is 12.1 Å². The standard InChI is InChI=1S/C33H42N4O7S/c1-23(2)22-37(45(42,43)27-19-17-26(34)18-20-27)28(32(39)40)16-10-11-21-35-31(38)30(36-33(41)44-3)29(24-12-6-4-7-13-24)25-14-8-5-9-15-25/h4-9,12-15,17-20,23,28-30H,10-11,16,21-22,34H2,1-3H3,(H,35,38)(H,36,41)(H,39,40)/t28?,30-/m0/s1. The molecule has 3 rings (SSSR count). The number of amides is 2. The molecule has 0 fully saturated rings. The largest absolute Gasteiger partial charge is 0.480 e. The average Bonchev–Trinajstić information content (AvgIpc) is 3.02. The highest BCUT2D eigenvalue weighted by Gasteiger charge is 2.36. The predicted molar refractivity (Wildman–Crippen MR) is 172 cm³/mol. The minimum Gasteiger partial charge on any atom is -0.480 e. The Hall–Kier alpha value is -4.42. The number of methoxy groups -OCH3 is 1. The lowest BCUT2D eigenvalue weighted by atomic mass is 9.84. The molecule has 0 saturated carbocycles. The Labute approximate surface area is 264 Å². The smallest absolute Gasteiger partial charge is 0.407 e. The molecule has 12 heteroatoms. The van der Waals surface area contributed by atoms with Crippen LogP contribution in [0.4, 0.5) is 10.5 Å². The van der Waals surface area contributed by atoms with Crippen molar-refractivity contribution in [1.29, 1.82) is 0 Å². The van der Waals surface area contributed by atoms with E-state index in [-0.39, 0.29) is 30.3 Å². The zero-order valence-corrected chi connectivity index (χ0v) is 26.6. The molecule has 1 unspecified atom stereocenters. The summed E-state index contributed by atoms with van der Waals surface area (Å²) in [6.07, 6.45) is -0.0333. The maximum atomic E-state index is 13.6. The van der Waals surface area contributed by atoms with Gasteiger partial charge in [-0.05, 0) is 60.6 Å². The Kier molecular flexibility index (Phi) is 12.9. The second-order valence-electron chi connectivity index (χ2n) is 11.1. The van der Waals surface area contributed by atoms with Crippen LogP contribution in [0.1, 0.15) is 50.2 Å². The van der Waals surface area contributed by atoms with E-state index in [4.69, 9.17) is 10.5 Å². The van der Waals surface area contributed by atoms with Gasteiger partial charge in [0.25, 0.3) is 0 Å². The molecule has 0 heterocycles. The summed E-state index contributed by atoms with van der Waals surface area (Å²) in [6, 6.07) is 22.0. The first-order valence-corrected chi connectivity index (χ1v) is 16.2. The summed E-state index contributed by atoms with van der Waals surface area (Å²) >= 11 is 0. The number of carboxylic acid groups (broad SMARTS) is 1. The van der Waals surface area contributed by atoms with Crippen molar-refractivity contribution in [3.05, 3.63) is 96.1 Å². The van der Waals surface area contributed by atoms with Gasteiger partial charge in [0, 0.05) is 24.7 Å². The van der Waals surface area contributed by atoms with Crippen molar-refractivity contribution >= 4 is 33.7 Å². The summed E-state index contributed by atoms with van der Waals surface area (Å²) in [5.74, 6) is -2.35. The Balaban J connectivity index is 1.73. The van der Waals surface area contributed by atoms with Crippen molar-refractivity contribution in [3.63, 3.8) is 0 Å². The van der Waals surface area contributed by atoms with Gasteiger partial charge in [0.05, 0.1) is 12.0 Å². The number of nitrogen functional groups attached to an aromatic ring is 1. The lowest BCUT2D eigenvalue weighted by molar-refractivity contribution is -0.142. The van der Waals surface area contributed by atoms with E-state index in [1.54, 1.807) is 0 Å². The first-order chi connectivity index (χ1) is 21.4. The van der Waals surface area contributed by atoms with E-state index in [0.29, 0.717) is 18.5 Å². The van der Waals surface area contributed by atoms with Gasteiger partial charge < -0.3 is 26.2 Å². The molecule has 2 atom stereocenters. The van der Waals surface area contributed by atoms with Crippen LogP contribution in [0, 0.1) is 5.92 Å². The number of carbonyl (C=O) groups is 3. The van der Waals surface area contributed by atoms with Crippen molar-refractivity contribution in [3.8, 4) is 0 Å². The number of anilines is 1. The number of unbranched alkanes of at least 4 members (excludes halogenated alkanes) is 1. The number of nitrogens with zero attached hydrogens (tertiary/aromatic N) is 1. The minimum absolute atomic E-state index is 0.0155. The highest BCUT2D eigenvalue weighted by atomic mass is 32.2. The van der Waals surface area contributed by atoms with E-state index in [0.717, 1.165) is 15.4 Å². The molecule has 0 saturated heterocycles. The fourth-order valence-corrected chi connectivity index (χ4v) is 6.86. The van der Waals surface area contributed by atoms with Crippen LogP contribution < -0.4 is 16.4 Å². The molecular weight excluding hydrogens is 596 g/mol. The molecule has 2 amide bonds. The number of ether oxygens (including phenoxy) is 1. The summed E-state index contributed by atoms with van der Waals surface area (Å²) in [6.45, 7) is 3.82. The van der Waals surface area contributed by atoms with Crippen LogP contribution in [0.15, 0.2) is 89.8 Å². The van der Waals surface area contributed by atoms with Crippen molar-refractivity contribution in [1.82, 2.24) is 14.9 Å². The highest BCUT2D eigenvalue weighted by Crippen LogP contribution is 2.29. The summed E-state index contributed by atoms with van der Waals surface area (Å²) in [5.41, 5.74) is 7.74. The lowest BCUT2D eigenvalue weighted by Crippen LogP contribution is -2.50. The molecule has 0 aromatic heterocycles. The molecule has 0 aliphatic heterocycles. The van der Waals surface area contributed by atoms with Crippen LogP contribution in [0.5, 0.6) is 0 Å². The number of hydrogen-bond donors (Lipinski definition) is 4. The SMILES string of the molecule is COC(=O)N[C@H](C(=O)NCCCCC(C(=O)O)N(CC(C)C)S(=O)(=O)c1ccc(N)cc1)C(c1ccccc1)c1ccccc1. The second kappa shape index (κ2) is 16.6. The van der Waals surface area contributed by atoms with Gasteiger partial charge in [-0.15, -0.1) is 0 Å².